The summed E-state index contributed by atoms with van der Waals surface area (Å²) in [5.41, 5.74) is 6.95. The molecule has 1 amide bonds. The van der Waals surface area contributed by atoms with Crippen molar-refractivity contribution in [2.24, 2.45) is 0 Å². The van der Waals surface area contributed by atoms with Crippen LogP contribution in [0.25, 0.3) is 10.9 Å². The summed E-state index contributed by atoms with van der Waals surface area (Å²) in [6.45, 7) is 5.40. The summed E-state index contributed by atoms with van der Waals surface area (Å²) >= 11 is 0. The van der Waals surface area contributed by atoms with Crippen LogP contribution >= 0.6 is 0 Å². The van der Waals surface area contributed by atoms with E-state index in [4.69, 9.17) is 0 Å². The summed E-state index contributed by atoms with van der Waals surface area (Å²) < 4.78 is 15.6. The summed E-state index contributed by atoms with van der Waals surface area (Å²) in [6, 6.07) is 21.2. The van der Waals surface area contributed by atoms with Gasteiger partial charge in [-0.1, -0.05) is 54.1 Å². The van der Waals surface area contributed by atoms with Crippen LogP contribution in [0.15, 0.2) is 72.9 Å². The Bertz CT molecular complexity index is 1230. The van der Waals surface area contributed by atoms with Gasteiger partial charge in [-0.25, -0.2) is 4.39 Å². The Labute approximate surface area is 182 Å². The van der Waals surface area contributed by atoms with Crippen LogP contribution in [0.5, 0.6) is 0 Å². The lowest BCUT2D eigenvalue weighted by atomic mass is 10.1. The third kappa shape index (κ3) is 5.02. The molecule has 0 atom stereocenters. The standard InChI is InChI=1S/C27H27FN2O/c1-19-10-11-20(2)23(14-19)18-30-17-22(25-8-3-4-9-26(25)30)12-13-27(31)29-16-21-6-5-7-24(28)15-21/h3-11,14-15,17H,12-13,16,18H2,1-2H3,(H,29,31). The molecule has 0 bridgehead atoms. The van der Waals surface area contributed by atoms with Crippen molar-refractivity contribution in [3.8, 4) is 0 Å². The van der Waals surface area contributed by atoms with E-state index in [9.17, 15) is 9.18 Å². The van der Waals surface area contributed by atoms with E-state index in [1.54, 1.807) is 6.07 Å². The normalized spacial score (nSPS) is 11.1. The highest BCUT2D eigenvalue weighted by molar-refractivity contribution is 5.85. The van der Waals surface area contributed by atoms with E-state index in [0.29, 0.717) is 19.4 Å². The molecule has 0 aliphatic carbocycles. The van der Waals surface area contributed by atoms with Crippen molar-refractivity contribution in [3.63, 3.8) is 0 Å². The Balaban J connectivity index is 1.46. The fourth-order valence-electron chi connectivity index (χ4n) is 3.99. The second-order valence-electron chi connectivity index (χ2n) is 8.14. The van der Waals surface area contributed by atoms with Gasteiger partial charge in [-0.3, -0.25) is 4.79 Å². The van der Waals surface area contributed by atoms with Gasteiger partial charge in [-0.2, -0.15) is 0 Å². The van der Waals surface area contributed by atoms with Crippen molar-refractivity contribution in [3.05, 3.63) is 107 Å². The first-order valence-electron chi connectivity index (χ1n) is 10.6. The van der Waals surface area contributed by atoms with Crippen LogP contribution in [-0.2, 0) is 24.3 Å². The molecule has 1 heterocycles. The molecule has 4 heteroatoms. The number of carbonyl (C=O) groups excluding carboxylic acids is 1. The topological polar surface area (TPSA) is 34.0 Å². The van der Waals surface area contributed by atoms with Crippen LogP contribution in [-0.4, -0.2) is 10.5 Å². The number of hydrogen-bond donors (Lipinski definition) is 1. The lowest BCUT2D eigenvalue weighted by Crippen LogP contribution is -2.23. The number of aromatic nitrogens is 1. The largest absolute Gasteiger partial charge is 0.352 e. The number of para-hydroxylation sites is 1. The molecule has 0 spiro atoms. The first-order chi connectivity index (χ1) is 15.0. The number of rotatable bonds is 7. The second kappa shape index (κ2) is 9.17. The molecule has 0 unspecified atom stereocenters. The number of nitrogens with zero attached hydrogens (tertiary/aromatic N) is 1. The van der Waals surface area contributed by atoms with Gasteiger partial charge in [-0.05, 0) is 60.7 Å². The Morgan fingerprint density at radius 2 is 1.81 bits per heavy atom. The average Bonchev–Trinajstić information content (AvgIpc) is 3.11. The van der Waals surface area contributed by atoms with Crippen LogP contribution < -0.4 is 5.32 Å². The lowest BCUT2D eigenvalue weighted by molar-refractivity contribution is -0.121. The van der Waals surface area contributed by atoms with Gasteiger partial charge < -0.3 is 9.88 Å². The monoisotopic (exact) mass is 414 g/mol. The van der Waals surface area contributed by atoms with Gasteiger partial charge in [0, 0.05) is 36.6 Å². The zero-order valence-electron chi connectivity index (χ0n) is 18.0. The molecular weight excluding hydrogens is 387 g/mol. The van der Waals surface area contributed by atoms with Crippen LogP contribution in [0, 0.1) is 19.7 Å². The Morgan fingerprint density at radius 1 is 0.968 bits per heavy atom. The molecule has 0 saturated carbocycles. The van der Waals surface area contributed by atoms with E-state index in [-0.39, 0.29) is 11.7 Å². The summed E-state index contributed by atoms with van der Waals surface area (Å²) in [5.74, 6) is -0.320. The van der Waals surface area contributed by atoms with Gasteiger partial charge in [0.2, 0.25) is 5.91 Å². The number of hydrogen-bond acceptors (Lipinski definition) is 1. The summed E-state index contributed by atoms with van der Waals surface area (Å²) in [7, 11) is 0. The number of nitrogens with one attached hydrogen (secondary N) is 1. The Morgan fingerprint density at radius 3 is 2.65 bits per heavy atom. The predicted molar refractivity (Wildman–Crippen MR) is 124 cm³/mol. The molecule has 0 aliphatic heterocycles. The van der Waals surface area contributed by atoms with Crippen molar-refractivity contribution < 1.29 is 9.18 Å². The molecule has 0 saturated heterocycles. The van der Waals surface area contributed by atoms with Crippen LogP contribution in [0.4, 0.5) is 4.39 Å². The van der Waals surface area contributed by atoms with Crippen LogP contribution in [0.1, 0.15) is 34.2 Å². The van der Waals surface area contributed by atoms with Crippen LogP contribution in [0.3, 0.4) is 0 Å². The van der Waals surface area contributed by atoms with Gasteiger partial charge in [0.25, 0.3) is 0 Å². The van der Waals surface area contributed by atoms with E-state index in [1.165, 1.54) is 45.3 Å². The number of halogens is 1. The van der Waals surface area contributed by atoms with E-state index in [2.05, 4.69) is 66.3 Å². The molecule has 4 rings (SSSR count). The Kier molecular flexibility index (Phi) is 6.17. The maximum absolute atomic E-state index is 13.3. The molecule has 158 valence electrons. The minimum absolute atomic E-state index is 0.0318. The third-order valence-electron chi connectivity index (χ3n) is 5.72. The van der Waals surface area contributed by atoms with Gasteiger partial charge >= 0.3 is 0 Å². The molecule has 1 N–H and O–H groups in total. The zero-order chi connectivity index (χ0) is 21.8. The minimum atomic E-state index is -0.289. The number of aryl methyl sites for hydroxylation is 3. The average molecular weight is 415 g/mol. The smallest absolute Gasteiger partial charge is 0.220 e. The van der Waals surface area contributed by atoms with Crippen molar-refractivity contribution in [2.75, 3.05) is 0 Å². The van der Waals surface area contributed by atoms with Gasteiger partial charge in [0.1, 0.15) is 5.82 Å². The molecule has 3 aromatic carbocycles. The highest BCUT2D eigenvalue weighted by Gasteiger charge is 2.11. The summed E-state index contributed by atoms with van der Waals surface area (Å²) in [4.78, 5) is 12.4. The first kappa shape index (κ1) is 20.9. The molecule has 1 aromatic heterocycles. The van der Waals surface area contributed by atoms with E-state index in [1.807, 2.05) is 12.1 Å². The van der Waals surface area contributed by atoms with Crippen molar-refractivity contribution >= 4 is 16.8 Å². The molecule has 0 aliphatic rings. The highest BCUT2D eigenvalue weighted by Crippen LogP contribution is 2.24. The summed E-state index contributed by atoms with van der Waals surface area (Å²) in [5, 5.41) is 4.08. The minimum Gasteiger partial charge on any atom is -0.352 e. The number of fused-ring (bicyclic) bond motifs is 1. The molecule has 0 fully saturated rings. The lowest BCUT2D eigenvalue weighted by Gasteiger charge is -2.10. The number of amides is 1. The SMILES string of the molecule is Cc1ccc(C)c(Cn2cc(CCC(=O)NCc3cccc(F)c3)c3ccccc32)c1. The van der Waals surface area contributed by atoms with Gasteiger partial charge in [0.05, 0.1) is 0 Å². The molecule has 31 heavy (non-hydrogen) atoms. The quantitative estimate of drug-likeness (QED) is 0.414. The maximum atomic E-state index is 13.3. The van der Waals surface area contributed by atoms with Crippen molar-refractivity contribution in [1.29, 1.82) is 0 Å². The van der Waals surface area contributed by atoms with Gasteiger partial charge in [0.15, 0.2) is 0 Å². The number of benzene rings is 3. The van der Waals surface area contributed by atoms with E-state index in [0.717, 1.165) is 12.1 Å². The van der Waals surface area contributed by atoms with Crippen molar-refractivity contribution in [1.82, 2.24) is 9.88 Å². The molecule has 4 aromatic rings. The molecule has 3 nitrogen and oxygen atoms in total. The Hall–Kier alpha value is -3.40. The molecule has 0 radical (unpaired) electrons. The second-order valence-corrected chi connectivity index (χ2v) is 8.14. The van der Waals surface area contributed by atoms with Crippen molar-refractivity contribution in [2.45, 2.75) is 39.8 Å². The van der Waals surface area contributed by atoms with E-state index < -0.39 is 0 Å². The number of carbonyl (C=O) groups is 1. The zero-order valence-corrected chi connectivity index (χ0v) is 18.0. The fraction of sp³-hybridized carbons (Fsp3) is 0.222. The summed E-state index contributed by atoms with van der Waals surface area (Å²) in [6.07, 6.45) is 3.23. The first-order valence-corrected chi connectivity index (χ1v) is 10.6. The fourth-order valence-corrected chi connectivity index (χ4v) is 3.99. The maximum Gasteiger partial charge on any atom is 0.220 e. The predicted octanol–water partition coefficient (Wildman–Crippen LogP) is 5.69. The van der Waals surface area contributed by atoms with Gasteiger partial charge in [-0.15, -0.1) is 0 Å². The molecular formula is C27H27FN2O. The van der Waals surface area contributed by atoms with E-state index >= 15 is 0 Å². The van der Waals surface area contributed by atoms with Crippen LogP contribution in [0.2, 0.25) is 0 Å². The third-order valence-corrected chi connectivity index (χ3v) is 5.72. The highest BCUT2D eigenvalue weighted by atomic mass is 19.1.